The summed E-state index contributed by atoms with van der Waals surface area (Å²) >= 11 is 5.55. The van der Waals surface area contributed by atoms with E-state index in [0.29, 0.717) is 52.4 Å². The van der Waals surface area contributed by atoms with Gasteiger partial charge in [0.1, 0.15) is 33.5 Å². The number of hydrogen-bond acceptors (Lipinski definition) is 15. The van der Waals surface area contributed by atoms with Crippen LogP contribution in [0.3, 0.4) is 0 Å². The van der Waals surface area contributed by atoms with Gasteiger partial charge in [0.15, 0.2) is 52.4 Å². The molecule has 148 heavy (non-hydrogen) atoms. The minimum Gasteiger partial charge on any atom is -0.456 e. The van der Waals surface area contributed by atoms with E-state index in [0.717, 1.165) is 159 Å². The van der Waals surface area contributed by atoms with Crippen LogP contribution in [0.4, 0.5) is 0 Å². The summed E-state index contributed by atoms with van der Waals surface area (Å²) in [4.78, 5) is 45.8. The van der Waals surface area contributed by atoms with Crippen molar-refractivity contribution in [1.29, 1.82) is 0 Å². The number of fused-ring (bicyclic) bond motifs is 23. The van der Waals surface area contributed by atoms with Crippen LogP contribution in [0.1, 0.15) is 0 Å². The molecule has 12 nitrogen and oxygen atoms in total. The molecule has 31 rings (SSSR count). The Morgan fingerprint density at radius 2 is 0.419 bits per heavy atom. The number of para-hydroxylation sites is 3. The molecule has 0 bridgehead atoms. The van der Waals surface area contributed by atoms with Crippen LogP contribution in [-0.2, 0) is 0 Å². The molecule has 0 saturated carbocycles. The largest absolute Gasteiger partial charge is 0.456 e. The maximum absolute atomic E-state index is 6.28. The molecule has 9 heterocycles. The first-order valence-electron chi connectivity index (χ1n) is 49.2. The first kappa shape index (κ1) is 85.7. The summed E-state index contributed by atoms with van der Waals surface area (Å²) in [6.07, 6.45) is 0. The van der Waals surface area contributed by atoms with Crippen LogP contribution < -0.4 is 0 Å². The lowest BCUT2D eigenvalue weighted by molar-refractivity contribution is 0.668. The average Bonchev–Trinajstić information content (AvgIpc) is 1.26. The maximum Gasteiger partial charge on any atom is 0.164 e. The quantitative estimate of drug-likeness (QED) is 0.107. The predicted octanol–water partition coefficient (Wildman–Crippen LogP) is 37.0. The fourth-order valence-electron chi connectivity index (χ4n) is 21.3. The fraction of sp³-hybridized carbons (Fsp3) is 0. The minimum absolute atomic E-state index is 0.596. The highest BCUT2D eigenvalue weighted by atomic mass is 32.1. The van der Waals surface area contributed by atoms with Gasteiger partial charge in [-0.3, -0.25) is 0 Å². The van der Waals surface area contributed by atoms with Crippen LogP contribution in [0, 0.1) is 0 Å². The summed E-state index contributed by atoms with van der Waals surface area (Å²) in [5, 5.41) is 23.4. The summed E-state index contributed by atoms with van der Waals surface area (Å²) in [5.74, 6) is 5.56. The van der Waals surface area contributed by atoms with Gasteiger partial charge in [0, 0.05) is 154 Å². The summed E-state index contributed by atoms with van der Waals surface area (Å²) in [6.45, 7) is 0. The van der Waals surface area contributed by atoms with E-state index in [2.05, 4.69) is 364 Å². The van der Waals surface area contributed by atoms with Gasteiger partial charge in [-0.1, -0.05) is 382 Å². The van der Waals surface area contributed by atoms with Crippen molar-refractivity contribution >= 4 is 203 Å². The van der Waals surface area contributed by atoms with E-state index < -0.39 is 0 Å². The van der Waals surface area contributed by atoms with Gasteiger partial charge in [0.05, 0.1) is 0 Å². The van der Waals surface area contributed by atoms with Crippen molar-refractivity contribution < 1.29 is 13.3 Å². The molecule has 15 heteroatoms. The molecular weight excluding hydrogens is 1870 g/mol. The van der Waals surface area contributed by atoms with Crippen LogP contribution in [0.2, 0.25) is 0 Å². The second-order valence-electron chi connectivity index (χ2n) is 37.2. The van der Waals surface area contributed by atoms with Gasteiger partial charge in [-0.15, -0.1) is 34.0 Å². The Kier molecular flexibility index (Phi) is 20.6. The molecule has 0 atom stereocenters. The highest BCUT2D eigenvalue weighted by molar-refractivity contribution is 7.27. The zero-order chi connectivity index (χ0) is 97.4. The Morgan fingerprint density at radius 1 is 0.135 bits per heavy atom. The molecule has 0 aliphatic carbocycles. The van der Waals surface area contributed by atoms with Crippen LogP contribution >= 0.6 is 34.0 Å². The Balaban J connectivity index is 0.000000105. The third-order valence-corrected chi connectivity index (χ3v) is 32.1. The van der Waals surface area contributed by atoms with Crippen LogP contribution in [0.25, 0.3) is 305 Å². The maximum atomic E-state index is 6.28. The van der Waals surface area contributed by atoms with Gasteiger partial charge in [-0.25, -0.2) is 44.9 Å². The normalized spacial score (nSPS) is 11.8. The van der Waals surface area contributed by atoms with E-state index >= 15 is 0 Å². The fourth-order valence-corrected chi connectivity index (χ4v) is 25.0. The van der Waals surface area contributed by atoms with Gasteiger partial charge in [-0.05, 0) is 150 Å². The van der Waals surface area contributed by atoms with E-state index in [1.165, 1.54) is 93.5 Å². The summed E-state index contributed by atoms with van der Waals surface area (Å²) in [5.41, 5.74) is 20.5. The predicted molar refractivity (Wildman–Crippen MR) is 615 cm³/mol. The zero-order valence-electron chi connectivity index (χ0n) is 78.9. The Bertz CT molecular complexity index is 10800. The number of nitrogens with zero attached hydrogens (tertiary/aromatic N) is 9. The van der Waals surface area contributed by atoms with Gasteiger partial charge in [0.25, 0.3) is 0 Å². The summed E-state index contributed by atoms with van der Waals surface area (Å²) in [6, 6.07) is 163. The third-order valence-electron chi connectivity index (χ3n) is 28.4. The molecule has 0 unspecified atom stereocenters. The highest BCUT2D eigenvalue weighted by Gasteiger charge is 2.26. The molecule has 0 amide bonds. The van der Waals surface area contributed by atoms with Gasteiger partial charge >= 0.3 is 0 Å². The topological polar surface area (TPSA) is 155 Å². The Morgan fingerprint density at radius 3 is 0.892 bits per heavy atom. The Labute approximate surface area is 857 Å². The lowest BCUT2D eigenvalue weighted by Crippen LogP contribution is -2.01. The van der Waals surface area contributed by atoms with Crippen LogP contribution in [-0.4, -0.2) is 44.9 Å². The Hall–Kier alpha value is -19.0. The first-order valence-corrected chi connectivity index (χ1v) is 51.7. The molecule has 31 aromatic rings. The van der Waals surface area contributed by atoms with Crippen LogP contribution in [0.15, 0.2) is 480 Å². The highest BCUT2D eigenvalue weighted by Crippen LogP contribution is 2.49. The van der Waals surface area contributed by atoms with Crippen molar-refractivity contribution in [2.45, 2.75) is 0 Å². The second-order valence-corrected chi connectivity index (χ2v) is 40.3. The summed E-state index contributed by atoms with van der Waals surface area (Å²) < 4.78 is 26.5. The lowest BCUT2D eigenvalue weighted by atomic mass is 9.90. The van der Waals surface area contributed by atoms with Gasteiger partial charge < -0.3 is 13.3 Å². The number of hydrogen-bond donors (Lipinski definition) is 0. The number of benzene rings is 22. The van der Waals surface area contributed by atoms with Crippen molar-refractivity contribution in [2.75, 3.05) is 0 Å². The lowest BCUT2D eigenvalue weighted by Gasteiger charge is -2.15. The molecule has 0 aliphatic rings. The minimum atomic E-state index is 0.596. The molecule has 9 aromatic heterocycles. The summed E-state index contributed by atoms with van der Waals surface area (Å²) in [7, 11) is 0. The van der Waals surface area contributed by atoms with E-state index in [4.69, 9.17) is 58.1 Å². The number of furan rings is 3. The van der Waals surface area contributed by atoms with E-state index in [-0.39, 0.29) is 0 Å². The monoisotopic (exact) mass is 1940 g/mol. The molecule has 0 radical (unpaired) electrons. The van der Waals surface area contributed by atoms with E-state index in [1.54, 1.807) is 0 Å². The molecule has 0 fully saturated rings. The van der Waals surface area contributed by atoms with E-state index in [9.17, 15) is 0 Å². The smallest absolute Gasteiger partial charge is 0.164 e. The van der Waals surface area contributed by atoms with Crippen molar-refractivity contribution in [3.63, 3.8) is 0 Å². The molecule has 0 saturated heterocycles. The molecule has 22 aromatic carbocycles. The molecule has 0 spiro atoms. The molecular formula is C133H77N9O3S3. The standard InChI is InChI=1S/C47H27N3OS.2C43H25N3OS/c1-2-12-29(13-3-1)45-48-46(30-22-23-34-33-15-6-8-19-40(33)51-41(34)27-30)50-47(49-45)39-26-25-32(36-24-21-28-11-4-5-14-31(28)43(36)39)37-17-10-18-38-35-16-7-9-20-42(35)52-44(37)38;1-2-11-30-26(9-1)10-7-16-36(30)43-45-41(44-42(46-43)29-23-24-33-32-12-3-5-17-37(32)47-38(33)25-29)28-21-19-27(20-22-28)31-14-8-15-35-34-13-4-6-18-39(34)48-40(31)35;1-2-9-29-24-30(21-16-26(29)8-1)42-44-41(45-43(46-42)31-22-23-34-33-10-3-5-14-37(33)47-38(34)25-31)28-19-17-27(18-20-28)32-12-7-13-36-35-11-4-6-15-39(35)48-40(32)36/h1-27H;2*1-25H. The van der Waals surface area contributed by atoms with Crippen molar-refractivity contribution in [1.82, 2.24) is 44.9 Å². The van der Waals surface area contributed by atoms with E-state index in [1.807, 2.05) is 137 Å². The molecule has 0 aliphatic heterocycles. The zero-order valence-corrected chi connectivity index (χ0v) is 81.4. The molecule has 690 valence electrons. The van der Waals surface area contributed by atoms with Crippen molar-refractivity contribution in [3.8, 4) is 136 Å². The number of aromatic nitrogens is 9. The first-order chi connectivity index (χ1) is 73.3. The van der Waals surface area contributed by atoms with Crippen molar-refractivity contribution in [3.05, 3.63) is 467 Å². The number of rotatable bonds is 12. The number of thiophene rings is 3. The van der Waals surface area contributed by atoms with Gasteiger partial charge in [0.2, 0.25) is 0 Å². The third kappa shape index (κ3) is 15.0. The SMILES string of the molecule is c1ccc(-c2nc(-c3ccc4c(c3)oc3ccccc34)nc(-c3ccc(-c4cccc5c4sc4ccccc45)c4ccc5ccccc5c34)n2)cc1.c1ccc2c(-c3nc(-c4ccc(-c5cccc6c5sc5ccccc56)cc4)nc(-c4ccc5c(c4)oc4ccccc45)n3)cccc2c1.c1ccc2cc(-c3nc(-c4ccc(-c5cccc6c5sc5ccccc56)cc4)nc(-c4ccc5c(c4)oc4ccccc45)n3)ccc2c1. The second kappa shape index (κ2) is 35.5. The average molecular weight is 1950 g/mol. The van der Waals surface area contributed by atoms with Crippen LogP contribution in [0.5, 0.6) is 0 Å². The van der Waals surface area contributed by atoms with Crippen molar-refractivity contribution in [2.24, 2.45) is 0 Å². The molecule has 0 N–H and O–H groups in total. The van der Waals surface area contributed by atoms with Gasteiger partial charge in [-0.2, -0.15) is 0 Å².